The molecule has 0 atom stereocenters. The molecule has 13 nitrogen and oxygen atoms in total. The minimum atomic E-state index is -4.00. The van der Waals surface area contributed by atoms with E-state index in [9.17, 15) is 18.6 Å². The zero-order chi connectivity index (χ0) is 32.0. The van der Waals surface area contributed by atoms with E-state index in [1.165, 1.54) is 44.6 Å². The van der Waals surface area contributed by atoms with Gasteiger partial charge in [-0.2, -0.15) is 0 Å². The van der Waals surface area contributed by atoms with Crippen LogP contribution in [-0.4, -0.2) is 43.2 Å². The number of hydrogen-bond acceptors (Lipinski definition) is 12. The maximum atomic E-state index is 12.7. The van der Waals surface area contributed by atoms with Crippen molar-refractivity contribution in [3.63, 3.8) is 0 Å². The molecule has 0 fully saturated rings. The minimum absolute atomic E-state index is 0.000226. The number of nitrogens with one attached hydrogen (secondary N) is 1. The Kier molecular flexibility index (Phi) is 8.82. The summed E-state index contributed by atoms with van der Waals surface area (Å²) in [5.41, 5.74) is 7.42. The lowest BCUT2D eigenvalue weighted by Crippen LogP contribution is -2.14. The van der Waals surface area contributed by atoms with E-state index in [0.717, 1.165) is 0 Å². The van der Waals surface area contributed by atoms with Crippen LogP contribution in [0.25, 0.3) is 24.3 Å². The molecule has 0 bridgehead atoms. The van der Waals surface area contributed by atoms with Gasteiger partial charge in [-0.25, -0.2) is 8.42 Å². The third-order valence-corrected chi connectivity index (χ3v) is 7.40. The van der Waals surface area contributed by atoms with Crippen LogP contribution in [0.3, 0.4) is 0 Å². The average Bonchev–Trinajstić information content (AvgIpc) is 3.63. The number of aromatic nitrogens is 2. The van der Waals surface area contributed by atoms with Crippen molar-refractivity contribution >= 4 is 45.8 Å². The molecule has 2 aromatic heterocycles. The first kappa shape index (κ1) is 30.4. The fraction of sp³-hybridized carbons (Fsp3) is 0.0968. The highest BCUT2D eigenvalue weighted by Crippen LogP contribution is 2.32. The number of rotatable bonds is 11. The molecule has 2 aromatic carbocycles. The molecule has 0 amide bonds. The van der Waals surface area contributed by atoms with E-state index in [2.05, 4.69) is 36.7 Å². The van der Waals surface area contributed by atoms with Crippen molar-refractivity contribution < 1.29 is 37.2 Å². The van der Waals surface area contributed by atoms with Gasteiger partial charge in [0.1, 0.15) is 22.1 Å². The van der Waals surface area contributed by atoms with Crippen LogP contribution < -0.4 is 14.2 Å². The van der Waals surface area contributed by atoms with Gasteiger partial charge in [0, 0.05) is 6.07 Å². The van der Waals surface area contributed by atoms with E-state index < -0.39 is 10.0 Å². The Bertz CT molecular complexity index is 2010. The number of benzene rings is 2. The van der Waals surface area contributed by atoms with Gasteiger partial charge >= 0.3 is 0 Å². The van der Waals surface area contributed by atoms with E-state index in [0.29, 0.717) is 34.1 Å². The summed E-state index contributed by atoms with van der Waals surface area (Å²) in [6.45, 7) is 1.64. The molecular formula is C31H25N5O8S. The van der Waals surface area contributed by atoms with E-state index in [-0.39, 0.29) is 39.4 Å². The Labute approximate surface area is 257 Å². The zero-order valence-electron chi connectivity index (χ0n) is 24.0. The maximum absolute atomic E-state index is 12.7. The van der Waals surface area contributed by atoms with Crippen molar-refractivity contribution in [1.29, 1.82) is 0 Å². The molecule has 0 saturated heterocycles. The summed E-state index contributed by atoms with van der Waals surface area (Å²) in [7, 11) is -1.10. The maximum Gasteiger partial charge on any atom is 0.271 e. The van der Waals surface area contributed by atoms with Gasteiger partial charge in [0.05, 0.1) is 14.2 Å². The van der Waals surface area contributed by atoms with Crippen molar-refractivity contribution in [2.24, 2.45) is 10.2 Å². The van der Waals surface area contributed by atoms with Crippen LogP contribution in [0.15, 0.2) is 96.0 Å². The van der Waals surface area contributed by atoms with Crippen LogP contribution in [0, 0.1) is 6.92 Å². The number of phenols is 2. The smallest absolute Gasteiger partial charge is 0.271 e. The van der Waals surface area contributed by atoms with Gasteiger partial charge < -0.3 is 28.7 Å². The van der Waals surface area contributed by atoms with Crippen LogP contribution in [-0.2, 0) is 10.0 Å². The lowest BCUT2D eigenvalue weighted by Gasteiger charge is -2.04. The Balaban J connectivity index is 1.47. The van der Waals surface area contributed by atoms with E-state index in [4.69, 9.17) is 18.5 Å². The molecule has 1 aliphatic rings. The van der Waals surface area contributed by atoms with Gasteiger partial charge in [-0.3, -0.25) is 4.72 Å². The molecule has 0 radical (unpaired) electrons. The number of ether oxygens (including phenoxy) is 2. The number of hydrogen-bond donors (Lipinski definition) is 3. The van der Waals surface area contributed by atoms with Gasteiger partial charge in [0.2, 0.25) is 0 Å². The largest absolute Gasteiger partial charge is 0.504 e. The third-order valence-electron chi connectivity index (χ3n) is 6.11. The van der Waals surface area contributed by atoms with Crippen molar-refractivity contribution in [2.75, 3.05) is 18.9 Å². The fourth-order valence-electron chi connectivity index (χ4n) is 3.86. The predicted octanol–water partition coefficient (Wildman–Crippen LogP) is 6.36. The molecular weight excluding hydrogens is 602 g/mol. The van der Waals surface area contributed by atoms with Gasteiger partial charge in [0.15, 0.2) is 40.3 Å². The van der Waals surface area contributed by atoms with Crippen LogP contribution in [0.4, 0.5) is 11.5 Å². The second-order valence-corrected chi connectivity index (χ2v) is 10.9. The SMILES string of the molecule is COc1cc(/C=C/c2noc(/C=C/c3ccc(O)c(OC)c3)c2N=NC2=C=C=C(S(=O)(=O)Nc3cc(C)on3)C=C2)ccc1O. The number of aromatic hydroxyl groups is 2. The number of nitrogens with zero attached hydrogens (tertiary/aromatic N) is 4. The Morgan fingerprint density at radius 3 is 2.09 bits per heavy atom. The molecule has 228 valence electrons. The van der Waals surface area contributed by atoms with Crippen LogP contribution in [0.5, 0.6) is 23.0 Å². The van der Waals surface area contributed by atoms with Crippen molar-refractivity contribution in [3.05, 3.63) is 105 Å². The second kappa shape index (κ2) is 13.1. The first-order chi connectivity index (χ1) is 21.6. The van der Waals surface area contributed by atoms with Crippen LogP contribution in [0.2, 0.25) is 0 Å². The summed E-state index contributed by atoms with van der Waals surface area (Å²) >= 11 is 0. The topological polar surface area (TPSA) is 182 Å². The van der Waals surface area contributed by atoms with Gasteiger partial charge in [-0.15, -0.1) is 10.2 Å². The molecule has 14 heteroatoms. The summed E-state index contributed by atoms with van der Waals surface area (Å²) in [4.78, 5) is -0.187. The number of allylic oxidation sites excluding steroid dienone is 2. The average molecular weight is 628 g/mol. The number of anilines is 1. The molecule has 3 N–H and O–H groups in total. The molecule has 45 heavy (non-hydrogen) atoms. The monoisotopic (exact) mass is 627 g/mol. The van der Waals surface area contributed by atoms with E-state index in [1.807, 2.05) is 0 Å². The lowest BCUT2D eigenvalue weighted by molar-refractivity contribution is 0.373. The normalized spacial score (nSPS) is 13.1. The highest BCUT2D eigenvalue weighted by molar-refractivity contribution is 7.96. The number of sulfonamides is 1. The summed E-state index contributed by atoms with van der Waals surface area (Å²) < 4.78 is 48.4. The van der Waals surface area contributed by atoms with E-state index in [1.54, 1.807) is 55.5 Å². The number of aryl methyl sites for hydroxylation is 1. The standard InChI is InChI=1S/C31H25N5O8S/c1-19-16-30(35-43-19)36-45(39,40)23-10-8-22(9-11-23)32-33-31-24(12-4-20-5-13-25(37)28(17-20)41-2)34-44-27(31)15-7-21-6-14-26(38)29(18-21)42-3/h4-8,10,12-18,37-38H,1-3H3,(H,35,36)/b12-4+,15-7+,33-32?. The van der Waals surface area contributed by atoms with Crippen LogP contribution >= 0.6 is 0 Å². The van der Waals surface area contributed by atoms with Crippen molar-refractivity contribution in [2.45, 2.75) is 6.92 Å². The predicted molar refractivity (Wildman–Crippen MR) is 165 cm³/mol. The second-order valence-electron chi connectivity index (χ2n) is 9.27. The molecule has 0 aliphatic heterocycles. The van der Waals surface area contributed by atoms with Crippen molar-refractivity contribution in [3.8, 4) is 23.0 Å². The number of phenolic OH excluding ortho intramolecular Hbond substituents is 2. The third kappa shape index (κ3) is 7.29. The summed E-state index contributed by atoms with van der Waals surface area (Å²) in [6, 6.07) is 11.1. The zero-order valence-corrected chi connectivity index (χ0v) is 24.9. The summed E-state index contributed by atoms with van der Waals surface area (Å²) in [5.74, 6) is 1.33. The summed E-state index contributed by atoms with van der Waals surface area (Å²) in [6.07, 6.45) is 9.41. The quantitative estimate of drug-likeness (QED) is 0.125. The number of methoxy groups -OCH3 is 2. The highest BCUT2D eigenvalue weighted by Gasteiger charge is 2.19. The number of azo groups is 1. The van der Waals surface area contributed by atoms with Gasteiger partial charge in [-0.1, -0.05) is 34.6 Å². The van der Waals surface area contributed by atoms with Gasteiger partial charge in [-0.05, 0) is 78.1 Å². The van der Waals surface area contributed by atoms with Crippen LogP contribution in [0.1, 0.15) is 28.3 Å². The lowest BCUT2D eigenvalue weighted by atomic mass is 10.1. The molecule has 0 saturated carbocycles. The molecule has 4 aromatic rings. The molecule has 1 aliphatic carbocycles. The van der Waals surface area contributed by atoms with Gasteiger partial charge in [0.25, 0.3) is 10.0 Å². The highest BCUT2D eigenvalue weighted by atomic mass is 32.2. The Morgan fingerprint density at radius 2 is 1.51 bits per heavy atom. The first-order valence-electron chi connectivity index (χ1n) is 13.1. The minimum Gasteiger partial charge on any atom is -0.504 e. The Morgan fingerprint density at radius 1 is 0.844 bits per heavy atom. The molecule has 5 rings (SSSR count). The molecule has 0 unspecified atom stereocenters. The fourth-order valence-corrected chi connectivity index (χ4v) is 4.78. The van der Waals surface area contributed by atoms with Crippen molar-refractivity contribution in [1.82, 2.24) is 10.3 Å². The Hall–Kier alpha value is -6.07. The van der Waals surface area contributed by atoms with E-state index >= 15 is 0 Å². The first-order valence-corrected chi connectivity index (χ1v) is 14.5. The molecule has 2 heterocycles. The molecule has 0 spiro atoms. The summed E-state index contributed by atoms with van der Waals surface area (Å²) in [5, 5.41) is 36.0.